The number of nitrogens with zero attached hydrogens (tertiary/aromatic N) is 1. The van der Waals surface area contributed by atoms with Crippen LogP contribution < -0.4 is 0 Å². The SMILES string of the molecule is Cc1sc2c(c1C)-n1cccc1C2=O. The Kier molecular flexibility index (Phi) is 1.35. The van der Waals surface area contributed by atoms with E-state index >= 15 is 0 Å². The van der Waals surface area contributed by atoms with Gasteiger partial charge in [0.1, 0.15) is 4.88 Å². The van der Waals surface area contributed by atoms with Crippen LogP contribution in [0, 0.1) is 13.8 Å². The summed E-state index contributed by atoms with van der Waals surface area (Å²) in [5.41, 5.74) is 3.13. The molecule has 0 aromatic carbocycles. The number of carbonyl (C=O) groups is 1. The van der Waals surface area contributed by atoms with E-state index in [-0.39, 0.29) is 5.78 Å². The Hall–Kier alpha value is -1.35. The molecule has 0 unspecified atom stereocenters. The second-order valence-electron chi connectivity index (χ2n) is 3.55. The maximum absolute atomic E-state index is 11.9. The van der Waals surface area contributed by atoms with E-state index < -0.39 is 0 Å². The first-order valence-electron chi connectivity index (χ1n) is 4.52. The summed E-state index contributed by atoms with van der Waals surface area (Å²) in [6.07, 6.45) is 1.96. The van der Waals surface area contributed by atoms with Crippen LogP contribution in [0.25, 0.3) is 5.69 Å². The molecule has 0 spiro atoms. The molecule has 0 amide bonds. The second kappa shape index (κ2) is 2.36. The van der Waals surface area contributed by atoms with Gasteiger partial charge in [0.05, 0.1) is 11.4 Å². The van der Waals surface area contributed by atoms with Gasteiger partial charge in [-0.15, -0.1) is 11.3 Å². The molecule has 2 aromatic heterocycles. The Bertz CT molecular complexity index is 548. The molecule has 1 aliphatic heterocycles. The third-order valence-corrected chi connectivity index (χ3v) is 3.98. The Morgan fingerprint density at radius 1 is 1.36 bits per heavy atom. The van der Waals surface area contributed by atoms with Gasteiger partial charge in [0.15, 0.2) is 0 Å². The predicted molar refractivity (Wildman–Crippen MR) is 56.6 cm³/mol. The van der Waals surface area contributed by atoms with Crippen LogP contribution in [0.5, 0.6) is 0 Å². The lowest BCUT2D eigenvalue weighted by molar-refractivity contribution is 0.104. The molecule has 0 radical (unpaired) electrons. The third kappa shape index (κ3) is 0.738. The standard InChI is InChI=1S/C11H9NOS/c1-6-7(2)14-11-9(6)12-5-3-4-8(12)10(11)13/h3-5H,1-2H3. The van der Waals surface area contributed by atoms with Crippen LogP contribution in [-0.2, 0) is 0 Å². The van der Waals surface area contributed by atoms with Crippen LogP contribution in [0.4, 0.5) is 0 Å². The van der Waals surface area contributed by atoms with Crippen molar-refractivity contribution in [3.8, 4) is 5.69 Å². The monoisotopic (exact) mass is 203 g/mol. The fraction of sp³-hybridized carbons (Fsp3) is 0.182. The summed E-state index contributed by atoms with van der Waals surface area (Å²) < 4.78 is 2.00. The highest BCUT2D eigenvalue weighted by Gasteiger charge is 2.30. The molecule has 3 heteroatoms. The Balaban J connectivity index is 2.45. The zero-order chi connectivity index (χ0) is 9.87. The quantitative estimate of drug-likeness (QED) is 0.550. The van der Waals surface area contributed by atoms with Gasteiger partial charge in [-0.2, -0.15) is 0 Å². The van der Waals surface area contributed by atoms with Crippen molar-refractivity contribution in [1.82, 2.24) is 4.57 Å². The van der Waals surface area contributed by atoms with Crippen molar-refractivity contribution in [2.45, 2.75) is 13.8 Å². The zero-order valence-corrected chi connectivity index (χ0v) is 8.81. The number of rotatable bonds is 0. The number of carbonyl (C=O) groups excluding carboxylic acids is 1. The summed E-state index contributed by atoms with van der Waals surface area (Å²) in [6.45, 7) is 4.14. The molecule has 0 N–H and O–H groups in total. The van der Waals surface area contributed by atoms with Crippen LogP contribution in [0.3, 0.4) is 0 Å². The van der Waals surface area contributed by atoms with E-state index in [4.69, 9.17) is 0 Å². The van der Waals surface area contributed by atoms with Crippen molar-refractivity contribution in [3.05, 3.63) is 39.3 Å². The highest BCUT2D eigenvalue weighted by Crippen LogP contribution is 2.37. The Morgan fingerprint density at radius 2 is 2.14 bits per heavy atom. The van der Waals surface area contributed by atoms with Crippen LogP contribution in [-0.4, -0.2) is 10.4 Å². The highest BCUT2D eigenvalue weighted by atomic mass is 32.1. The molecule has 0 saturated carbocycles. The maximum atomic E-state index is 11.9. The smallest absolute Gasteiger partial charge is 0.221 e. The largest absolute Gasteiger partial charge is 0.312 e. The van der Waals surface area contributed by atoms with Crippen molar-refractivity contribution >= 4 is 17.1 Å². The Labute approximate surface area is 85.8 Å². The summed E-state index contributed by atoms with van der Waals surface area (Å²) in [5.74, 6) is 0.172. The van der Waals surface area contributed by atoms with Crippen LogP contribution >= 0.6 is 11.3 Å². The van der Waals surface area contributed by atoms with E-state index in [0.717, 1.165) is 16.3 Å². The molecule has 14 heavy (non-hydrogen) atoms. The fourth-order valence-electron chi connectivity index (χ4n) is 1.94. The van der Waals surface area contributed by atoms with E-state index in [1.165, 1.54) is 10.4 Å². The van der Waals surface area contributed by atoms with Gasteiger partial charge in [-0.1, -0.05) is 0 Å². The molecule has 2 nitrogen and oxygen atoms in total. The first kappa shape index (κ1) is 8.00. The lowest BCUT2D eigenvalue weighted by atomic mass is 10.2. The molecule has 1 aliphatic rings. The molecule has 0 atom stereocenters. The van der Waals surface area contributed by atoms with Gasteiger partial charge in [0.25, 0.3) is 0 Å². The van der Waals surface area contributed by atoms with Gasteiger partial charge in [0.2, 0.25) is 5.78 Å². The molecule has 0 aliphatic carbocycles. The molecular weight excluding hydrogens is 194 g/mol. The zero-order valence-electron chi connectivity index (χ0n) is 8.00. The minimum atomic E-state index is 0.172. The number of hydrogen-bond donors (Lipinski definition) is 0. The van der Waals surface area contributed by atoms with Gasteiger partial charge >= 0.3 is 0 Å². The minimum Gasteiger partial charge on any atom is -0.312 e. The van der Waals surface area contributed by atoms with Crippen molar-refractivity contribution in [2.75, 3.05) is 0 Å². The van der Waals surface area contributed by atoms with E-state index in [9.17, 15) is 4.79 Å². The van der Waals surface area contributed by atoms with Crippen LogP contribution in [0.1, 0.15) is 25.8 Å². The van der Waals surface area contributed by atoms with Gasteiger partial charge in [-0.25, -0.2) is 0 Å². The first-order chi connectivity index (χ1) is 6.70. The fourth-order valence-corrected chi connectivity index (χ4v) is 3.04. The van der Waals surface area contributed by atoms with Gasteiger partial charge in [-0.05, 0) is 31.5 Å². The highest BCUT2D eigenvalue weighted by molar-refractivity contribution is 7.15. The van der Waals surface area contributed by atoms with Gasteiger partial charge < -0.3 is 4.57 Å². The first-order valence-corrected chi connectivity index (χ1v) is 5.34. The van der Waals surface area contributed by atoms with Crippen molar-refractivity contribution in [3.63, 3.8) is 0 Å². The maximum Gasteiger partial charge on any atom is 0.221 e. The van der Waals surface area contributed by atoms with E-state index in [0.29, 0.717) is 0 Å². The van der Waals surface area contributed by atoms with Crippen LogP contribution in [0.15, 0.2) is 18.3 Å². The number of thiophene rings is 1. The number of ketones is 1. The third-order valence-electron chi connectivity index (χ3n) is 2.78. The lowest BCUT2D eigenvalue weighted by Gasteiger charge is -1.99. The predicted octanol–water partition coefficient (Wildman–Crippen LogP) is 2.70. The van der Waals surface area contributed by atoms with E-state index in [2.05, 4.69) is 13.8 Å². The van der Waals surface area contributed by atoms with E-state index in [1.54, 1.807) is 11.3 Å². The van der Waals surface area contributed by atoms with Gasteiger partial charge in [-0.3, -0.25) is 4.79 Å². The molecule has 2 aromatic rings. The summed E-state index contributed by atoms with van der Waals surface area (Å²) in [5, 5.41) is 0. The summed E-state index contributed by atoms with van der Waals surface area (Å²) in [7, 11) is 0. The number of fused-ring (bicyclic) bond motifs is 3. The summed E-state index contributed by atoms with van der Waals surface area (Å²) in [6, 6.07) is 3.80. The molecule has 70 valence electrons. The topological polar surface area (TPSA) is 22.0 Å². The second-order valence-corrected chi connectivity index (χ2v) is 4.78. The van der Waals surface area contributed by atoms with Crippen molar-refractivity contribution in [2.24, 2.45) is 0 Å². The molecule has 3 rings (SSSR count). The lowest BCUT2D eigenvalue weighted by Crippen LogP contribution is -1.94. The van der Waals surface area contributed by atoms with Crippen molar-refractivity contribution < 1.29 is 4.79 Å². The van der Waals surface area contributed by atoms with Gasteiger partial charge in [0, 0.05) is 11.1 Å². The van der Waals surface area contributed by atoms with Crippen LogP contribution in [0.2, 0.25) is 0 Å². The molecular formula is C11H9NOS. The number of hydrogen-bond acceptors (Lipinski definition) is 2. The molecule has 0 fully saturated rings. The average Bonchev–Trinajstić information content (AvgIpc) is 2.76. The van der Waals surface area contributed by atoms with E-state index in [1.807, 2.05) is 22.9 Å². The average molecular weight is 203 g/mol. The summed E-state index contributed by atoms with van der Waals surface area (Å²) in [4.78, 5) is 14.0. The Morgan fingerprint density at radius 3 is 2.93 bits per heavy atom. The number of aryl methyl sites for hydroxylation is 1. The molecule has 0 saturated heterocycles. The molecule has 3 heterocycles. The minimum absolute atomic E-state index is 0.172. The van der Waals surface area contributed by atoms with Crippen molar-refractivity contribution in [1.29, 1.82) is 0 Å². The normalized spacial score (nSPS) is 13.1. The number of aromatic nitrogens is 1. The summed E-state index contributed by atoms with van der Waals surface area (Å²) >= 11 is 1.60. The molecule has 0 bridgehead atoms.